The first kappa shape index (κ1) is 14.9. The van der Waals surface area contributed by atoms with E-state index in [0.717, 1.165) is 18.6 Å². The van der Waals surface area contributed by atoms with Crippen LogP contribution in [0.4, 0.5) is 0 Å². The normalized spacial score (nSPS) is 17.5. The number of hydrogen-bond donors (Lipinski definition) is 2. The molecule has 1 aromatic rings. The number of amides is 1. The SMILES string of the molecule is COc1ccc(C(=O)NCC(O)C2CCCCC2)cc1. The Labute approximate surface area is 120 Å². The molecule has 2 rings (SSSR count). The number of benzene rings is 1. The zero-order valence-corrected chi connectivity index (χ0v) is 12.0. The Morgan fingerprint density at radius 3 is 2.55 bits per heavy atom. The molecule has 1 saturated carbocycles. The Hall–Kier alpha value is -1.55. The maximum atomic E-state index is 12.0. The van der Waals surface area contributed by atoms with Gasteiger partial charge in [0.05, 0.1) is 13.2 Å². The van der Waals surface area contributed by atoms with Crippen LogP contribution in [-0.2, 0) is 0 Å². The van der Waals surface area contributed by atoms with Gasteiger partial charge in [-0.05, 0) is 43.0 Å². The molecule has 0 radical (unpaired) electrons. The van der Waals surface area contributed by atoms with Crippen LogP contribution in [0.1, 0.15) is 42.5 Å². The lowest BCUT2D eigenvalue weighted by Gasteiger charge is -2.26. The molecule has 0 spiro atoms. The summed E-state index contributed by atoms with van der Waals surface area (Å²) in [7, 11) is 1.59. The highest BCUT2D eigenvalue weighted by molar-refractivity contribution is 5.94. The predicted octanol–water partition coefficient (Wildman–Crippen LogP) is 2.37. The van der Waals surface area contributed by atoms with Gasteiger partial charge in [-0.3, -0.25) is 4.79 Å². The van der Waals surface area contributed by atoms with Gasteiger partial charge in [0.15, 0.2) is 0 Å². The molecule has 1 unspecified atom stereocenters. The fraction of sp³-hybridized carbons (Fsp3) is 0.562. The summed E-state index contributed by atoms with van der Waals surface area (Å²) in [6.07, 6.45) is 5.35. The molecule has 4 nitrogen and oxygen atoms in total. The predicted molar refractivity (Wildman–Crippen MR) is 77.9 cm³/mol. The second-order valence-corrected chi connectivity index (χ2v) is 5.40. The molecular weight excluding hydrogens is 254 g/mol. The third kappa shape index (κ3) is 3.97. The molecule has 1 aliphatic rings. The van der Waals surface area contributed by atoms with Crippen LogP contribution in [-0.4, -0.2) is 30.8 Å². The van der Waals surface area contributed by atoms with E-state index in [-0.39, 0.29) is 5.91 Å². The fourth-order valence-corrected chi connectivity index (χ4v) is 2.73. The van der Waals surface area contributed by atoms with Crippen LogP contribution in [0.5, 0.6) is 5.75 Å². The van der Waals surface area contributed by atoms with E-state index >= 15 is 0 Å². The highest BCUT2D eigenvalue weighted by Crippen LogP contribution is 2.26. The average molecular weight is 277 g/mol. The van der Waals surface area contributed by atoms with E-state index in [4.69, 9.17) is 4.74 Å². The molecule has 1 fully saturated rings. The monoisotopic (exact) mass is 277 g/mol. The van der Waals surface area contributed by atoms with Gasteiger partial charge in [0.25, 0.3) is 5.91 Å². The molecule has 110 valence electrons. The van der Waals surface area contributed by atoms with Crippen molar-refractivity contribution in [2.75, 3.05) is 13.7 Å². The second-order valence-electron chi connectivity index (χ2n) is 5.40. The van der Waals surface area contributed by atoms with E-state index in [0.29, 0.717) is 18.0 Å². The summed E-state index contributed by atoms with van der Waals surface area (Å²) >= 11 is 0. The molecule has 1 atom stereocenters. The van der Waals surface area contributed by atoms with Gasteiger partial charge in [-0.15, -0.1) is 0 Å². The van der Waals surface area contributed by atoms with E-state index in [9.17, 15) is 9.90 Å². The number of rotatable bonds is 5. The fourth-order valence-electron chi connectivity index (χ4n) is 2.73. The molecule has 0 aromatic heterocycles. The Morgan fingerprint density at radius 2 is 1.95 bits per heavy atom. The van der Waals surface area contributed by atoms with Crippen LogP contribution < -0.4 is 10.1 Å². The average Bonchev–Trinajstić information content (AvgIpc) is 2.53. The van der Waals surface area contributed by atoms with Crippen molar-refractivity contribution in [1.82, 2.24) is 5.32 Å². The molecule has 20 heavy (non-hydrogen) atoms. The number of aliphatic hydroxyl groups excluding tert-OH is 1. The van der Waals surface area contributed by atoms with E-state index < -0.39 is 6.10 Å². The Morgan fingerprint density at radius 1 is 1.30 bits per heavy atom. The lowest BCUT2D eigenvalue weighted by molar-refractivity contribution is 0.0738. The molecule has 2 N–H and O–H groups in total. The summed E-state index contributed by atoms with van der Waals surface area (Å²) in [4.78, 5) is 12.0. The minimum Gasteiger partial charge on any atom is -0.497 e. The first-order valence-corrected chi connectivity index (χ1v) is 7.31. The quantitative estimate of drug-likeness (QED) is 0.868. The highest BCUT2D eigenvalue weighted by atomic mass is 16.5. The number of nitrogens with one attached hydrogen (secondary N) is 1. The van der Waals surface area contributed by atoms with Crippen LogP contribution in [0.2, 0.25) is 0 Å². The van der Waals surface area contributed by atoms with Gasteiger partial charge in [-0.25, -0.2) is 0 Å². The molecule has 1 aliphatic carbocycles. The van der Waals surface area contributed by atoms with Gasteiger partial charge in [0.1, 0.15) is 5.75 Å². The van der Waals surface area contributed by atoms with E-state index in [1.165, 1.54) is 19.3 Å². The topological polar surface area (TPSA) is 58.6 Å². The maximum Gasteiger partial charge on any atom is 0.251 e. The largest absolute Gasteiger partial charge is 0.497 e. The minimum atomic E-state index is -0.433. The number of ether oxygens (including phenoxy) is 1. The van der Waals surface area contributed by atoms with E-state index in [1.807, 2.05) is 0 Å². The summed E-state index contributed by atoms with van der Waals surface area (Å²) in [5.74, 6) is 0.909. The van der Waals surface area contributed by atoms with Gasteiger partial charge in [-0.2, -0.15) is 0 Å². The van der Waals surface area contributed by atoms with Gasteiger partial charge >= 0.3 is 0 Å². The summed E-state index contributed by atoms with van der Waals surface area (Å²) in [5.41, 5.74) is 0.585. The van der Waals surface area contributed by atoms with Crippen molar-refractivity contribution in [3.8, 4) is 5.75 Å². The van der Waals surface area contributed by atoms with Gasteiger partial charge in [-0.1, -0.05) is 19.3 Å². The van der Waals surface area contributed by atoms with Crippen LogP contribution in [0.15, 0.2) is 24.3 Å². The van der Waals surface area contributed by atoms with Crippen molar-refractivity contribution in [1.29, 1.82) is 0 Å². The van der Waals surface area contributed by atoms with Crippen LogP contribution in [0.3, 0.4) is 0 Å². The zero-order valence-electron chi connectivity index (χ0n) is 12.0. The standard InChI is InChI=1S/C16H23NO3/c1-20-14-9-7-13(8-10-14)16(19)17-11-15(18)12-5-3-2-4-6-12/h7-10,12,15,18H,2-6,11H2,1H3,(H,17,19). The lowest BCUT2D eigenvalue weighted by atomic mass is 9.85. The Bertz CT molecular complexity index is 424. The smallest absolute Gasteiger partial charge is 0.251 e. The molecular formula is C16H23NO3. The van der Waals surface area contributed by atoms with Crippen LogP contribution >= 0.6 is 0 Å². The molecule has 4 heteroatoms. The molecule has 1 amide bonds. The van der Waals surface area contributed by atoms with Crippen molar-refractivity contribution in [3.63, 3.8) is 0 Å². The van der Waals surface area contributed by atoms with Crippen molar-refractivity contribution in [3.05, 3.63) is 29.8 Å². The second kappa shape index (κ2) is 7.29. The number of carbonyl (C=O) groups excluding carboxylic acids is 1. The van der Waals surface area contributed by atoms with Gasteiger partial charge in [0.2, 0.25) is 0 Å². The Balaban J connectivity index is 1.81. The molecule has 0 heterocycles. The third-order valence-electron chi connectivity index (χ3n) is 4.02. The van der Waals surface area contributed by atoms with Crippen molar-refractivity contribution < 1.29 is 14.6 Å². The molecule has 0 aliphatic heterocycles. The van der Waals surface area contributed by atoms with E-state index in [1.54, 1.807) is 31.4 Å². The zero-order chi connectivity index (χ0) is 14.4. The van der Waals surface area contributed by atoms with Gasteiger partial charge < -0.3 is 15.2 Å². The minimum absolute atomic E-state index is 0.150. The van der Waals surface area contributed by atoms with Crippen LogP contribution in [0, 0.1) is 5.92 Å². The summed E-state index contributed by atoms with van der Waals surface area (Å²) in [5, 5.41) is 12.9. The number of methoxy groups -OCH3 is 1. The van der Waals surface area contributed by atoms with Crippen molar-refractivity contribution in [2.45, 2.75) is 38.2 Å². The summed E-state index contributed by atoms with van der Waals surface area (Å²) < 4.78 is 5.05. The van der Waals surface area contributed by atoms with Gasteiger partial charge in [0, 0.05) is 12.1 Å². The first-order valence-electron chi connectivity index (χ1n) is 7.31. The first-order chi connectivity index (χ1) is 9.70. The molecule has 0 saturated heterocycles. The third-order valence-corrected chi connectivity index (χ3v) is 4.02. The highest BCUT2D eigenvalue weighted by Gasteiger charge is 2.22. The molecule has 1 aromatic carbocycles. The van der Waals surface area contributed by atoms with Crippen molar-refractivity contribution >= 4 is 5.91 Å². The number of carbonyl (C=O) groups is 1. The Kier molecular flexibility index (Phi) is 5.41. The summed E-state index contributed by atoms with van der Waals surface area (Å²) in [6.45, 7) is 0.329. The van der Waals surface area contributed by atoms with Crippen molar-refractivity contribution in [2.24, 2.45) is 5.92 Å². The van der Waals surface area contributed by atoms with E-state index in [2.05, 4.69) is 5.32 Å². The lowest BCUT2D eigenvalue weighted by Crippen LogP contribution is -2.37. The summed E-state index contributed by atoms with van der Waals surface area (Å²) in [6, 6.07) is 6.96. The molecule has 0 bridgehead atoms. The number of aliphatic hydroxyl groups is 1. The van der Waals surface area contributed by atoms with Crippen LogP contribution in [0.25, 0.3) is 0 Å². The maximum absolute atomic E-state index is 12.0. The number of hydrogen-bond acceptors (Lipinski definition) is 3.